The lowest BCUT2D eigenvalue weighted by molar-refractivity contribution is 0.205. The number of ether oxygens (including phenoxy) is 1. The van der Waals surface area contributed by atoms with Gasteiger partial charge in [0.15, 0.2) is 5.17 Å². The average molecular weight is 468 g/mol. The summed E-state index contributed by atoms with van der Waals surface area (Å²) in [5, 5.41) is 11.2. The van der Waals surface area contributed by atoms with Crippen LogP contribution in [0.1, 0.15) is 33.9 Å². The molecule has 2 aromatic carbocycles. The van der Waals surface area contributed by atoms with Crippen LogP contribution in [0.25, 0.3) is 0 Å². The number of fused-ring (bicyclic) bond motifs is 2. The van der Waals surface area contributed by atoms with E-state index in [1.54, 1.807) is 43.6 Å². The molecule has 1 aromatic heterocycles. The highest BCUT2D eigenvalue weighted by atomic mass is 32.2. The van der Waals surface area contributed by atoms with Crippen LogP contribution in [-0.2, 0) is 18.4 Å². The first-order valence-electron chi connectivity index (χ1n) is 10.6. The summed E-state index contributed by atoms with van der Waals surface area (Å²) in [6.45, 7) is 0. The monoisotopic (exact) mass is 467 g/mol. The van der Waals surface area contributed by atoms with E-state index in [-0.39, 0.29) is 17.0 Å². The summed E-state index contributed by atoms with van der Waals surface area (Å²) in [5.74, 6) is -0.572. The second kappa shape index (κ2) is 8.43. The molecular weight excluding hydrogens is 444 g/mol. The van der Waals surface area contributed by atoms with E-state index in [0.717, 1.165) is 11.1 Å². The number of aliphatic hydroxyl groups is 1. The number of methoxy groups -OCH3 is 1. The van der Waals surface area contributed by atoms with E-state index in [1.165, 1.54) is 23.9 Å². The van der Waals surface area contributed by atoms with Gasteiger partial charge in [0.1, 0.15) is 17.7 Å². The molecule has 1 unspecified atom stereocenters. The predicted molar refractivity (Wildman–Crippen MR) is 124 cm³/mol. The Morgan fingerprint density at radius 2 is 1.97 bits per heavy atom. The highest BCUT2D eigenvalue weighted by Gasteiger charge is 2.49. The Labute approximate surface area is 194 Å². The van der Waals surface area contributed by atoms with Crippen molar-refractivity contribution < 1.29 is 18.6 Å². The zero-order valence-corrected chi connectivity index (χ0v) is 18.8. The summed E-state index contributed by atoms with van der Waals surface area (Å²) in [5.41, 5.74) is 7.25. The maximum Gasteiger partial charge on any atom is 0.216 e. The lowest BCUT2D eigenvalue weighted by Crippen LogP contribution is -2.46. The van der Waals surface area contributed by atoms with Gasteiger partial charge in [-0.05, 0) is 29.7 Å². The Morgan fingerprint density at radius 3 is 2.73 bits per heavy atom. The van der Waals surface area contributed by atoms with E-state index in [4.69, 9.17) is 15.5 Å². The zero-order valence-electron chi connectivity index (χ0n) is 18.0. The van der Waals surface area contributed by atoms with Gasteiger partial charge in [-0.25, -0.2) is 13.8 Å². The SMILES string of the molecule is COc1nccc2c1C[C@]1(c3ccc(F)c(C(O)c4ccccc4)c3F)N=C(N)SC[C@@H]1C2. The van der Waals surface area contributed by atoms with Crippen molar-refractivity contribution in [2.45, 2.75) is 24.5 Å². The van der Waals surface area contributed by atoms with Crippen LogP contribution in [0.4, 0.5) is 8.78 Å². The van der Waals surface area contributed by atoms with E-state index >= 15 is 4.39 Å². The summed E-state index contributed by atoms with van der Waals surface area (Å²) in [7, 11) is 1.54. The molecule has 0 saturated carbocycles. The average Bonchev–Trinajstić information content (AvgIpc) is 2.82. The number of aliphatic hydroxyl groups excluding tert-OH is 1. The van der Waals surface area contributed by atoms with Crippen LogP contribution in [0.15, 0.2) is 59.7 Å². The minimum absolute atomic E-state index is 0.0731. The molecule has 0 fully saturated rings. The molecular formula is C25H23F2N3O2S. The quantitative estimate of drug-likeness (QED) is 0.603. The van der Waals surface area contributed by atoms with E-state index in [9.17, 15) is 9.50 Å². The third kappa shape index (κ3) is 3.57. The number of hydrogen-bond donors (Lipinski definition) is 2. The normalized spacial score (nSPS) is 22.7. The number of hydrogen-bond acceptors (Lipinski definition) is 6. The molecule has 2 aliphatic rings. The molecule has 0 amide bonds. The number of pyridine rings is 1. The van der Waals surface area contributed by atoms with Crippen molar-refractivity contribution in [3.63, 3.8) is 0 Å². The number of nitrogens with two attached hydrogens (primary N) is 1. The molecule has 33 heavy (non-hydrogen) atoms. The maximum absolute atomic E-state index is 16.1. The Kier molecular flexibility index (Phi) is 5.58. The number of benzene rings is 2. The van der Waals surface area contributed by atoms with E-state index in [1.807, 2.05) is 6.07 Å². The summed E-state index contributed by atoms with van der Waals surface area (Å²) >= 11 is 1.43. The largest absolute Gasteiger partial charge is 0.481 e. The highest BCUT2D eigenvalue weighted by Crippen LogP contribution is 2.50. The topological polar surface area (TPSA) is 80.7 Å². The summed E-state index contributed by atoms with van der Waals surface area (Å²) in [6.07, 6.45) is 1.19. The Morgan fingerprint density at radius 1 is 1.18 bits per heavy atom. The molecule has 1 aliphatic heterocycles. The van der Waals surface area contributed by atoms with Crippen molar-refractivity contribution >= 4 is 16.9 Å². The molecule has 0 spiro atoms. The summed E-state index contributed by atoms with van der Waals surface area (Å²) in [6, 6.07) is 13.1. The van der Waals surface area contributed by atoms with Crippen molar-refractivity contribution in [1.29, 1.82) is 0 Å². The van der Waals surface area contributed by atoms with E-state index in [2.05, 4.69) is 4.98 Å². The number of nitrogens with zero attached hydrogens (tertiary/aromatic N) is 2. The molecule has 170 valence electrons. The van der Waals surface area contributed by atoms with Crippen molar-refractivity contribution in [2.24, 2.45) is 16.6 Å². The van der Waals surface area contributed by atoms with Crippen LogP contribution >= 0.6 is 11.8 Å². The molecule has 5 rings (SSSR count). The van der Waals surface area contributed by atoms with Gasteiger partial charge >= 0.3 is 0 Å². The molecule has 1 aliphatic carbocycles. The van der Waals surface area contributed by atoms with Crippen LogP contribution in [0.5, 0.6) is 5.88 Å². The third-order valence-corrected chi connectivity index (χ3v) is 7.57. The molecule has 3 atom stereocenters. The van der Waals surface area contributed by atoms with Gasteiger partial charge in [-0.3, -0.25) is 4.99 Å². The predicted octanol–water partition coefficient (Wildman–Crippen LogP) is 4.12. The smallest absolute Gasteiger partial charge is 0.216 e. The lowest BCUT2D eigenvalue weighted by Gasteiger charge is -2.45. The number of aromatic nitrogens is 1. The van der Waals surface area contributed by atoms with Gasteiger partial charge < -0.3 is 15.6 Å². The van der Waals surface area contributed by atoms with E-state index in [0.29, 0.717) is 35.2 Å². The summed E-state index contributed by atoms with van der Waals surface area (Å²) in [4.78, 5) is 9.09. The van der Waals surface area contributed by atoms with Crippen LogP contribution in [0.2, 0.25) is 0 Å². The first-order chi connectivity index (χ1) is 15.9. The van der Waals surface area contributed by atoms with Crippen LogP contribution in [-0.4, -0.2) is 28.1 Å². The molecule has 0 bridgehead atoms. The molecule has 3 aromatic rings. The Hall–Kier alpha value is -2.97. The van der Waals surface area contributed by atoms with Crippen molar-refractivity contribution in [3.05, 3.63) is 94.2 Å². The second-order valence-electron chi connectivity index (χ2n) is 8.36. The van der Waals surface area contributed by atoms with E-state index < -0.39 is 23.3 Å². The second-order valence-corrected chi connectivity index (χ2v) is 9.40. The molecule has 0 saturated heterocycles. The highest BCUT2D eigenvalue weighted by molar-refractivity contribution is 8.13. The number of thioether (sulfide) groups is 1. The minimum Gasteiger partial charge on any atom is -0.481 e. The fraction of sp³-hybridized carbons (Fsp3) is 0.280. The number of amidine groups is 1. The van der Waals surface area contributed by atoms with Gasteiger partial charge in [0.2, 0.25) is 5.88 Å². The molecule has 0 radical (unpaired) electrons. The minimum atomic E-state index is -1.45. The van der Waals surface area contributed by atoms with Crippen molar-refractivity contribution in [3.8, 4) is 5.88 Å². The van der Waals surface area contributed by atoms with Crippen molar-refractivity contribution in [1.82, 2.24) is 4.98 Å². The molecule has 2 heterocycles. The van der Waals surface area contributed by atoms with Gasteiger partial charge in [-0.1, -0.05) is 48.2 Å². The number of rotatable bonds is 4. The van der Waals surface area contributed by atoms with Crippen LogP contribution < -0.4 is 10.5 Å². The van der Waals surface area contributed by atoms with Crippen LogP contribution in [0.3, 0.4) is 0 Å². The molecule has 8 heteroatoms. The first-order valence-corrected chi connectivity index (χ1v) is 11.6. The lowest BCUT2D eigenvalue weighted by atomic mass is 9.67. The molecule has 5 nitrogen and oxygen atoms in total. The standard InChI is InChI=1S/C25H23F2N3O2S/c1-32-23-17-12-25(16(13-33-24(28)30-25)11-15(17)9-10-29-23)18-7-8-19(26)20(21(18)27)22(31)14-5-3-2-4-6-14/h2-10,16,22,31H,11-13H2,1H3,(H2,28,30)/t16-,22?,25-/m0/s1. The van der Waals surface area contributed by atoms with Gasteiger partial charge in [0.05, 0.1) is 18.2 Å². The fourth-order valence-electron chi connectivity index (χ4n) is 4.99. The Bertz CT molecular complexity index is 1240. The van der Waals surface area contributed by atoms with Gasteiger partial charge in [0, 0.05) is 35.4 Å². The van der Waals surface area contributed by atoms with Gasteiger partial charge in [0.25, 0.3) is 0 Å². The number of halogens is 2. The zero-order chi connectivity index (χ0) is 23.2. The van der Waals surface area contributed by atoms with Gasteiger partial charge in [-0.15, -0.1) is 0 Å². The first kappa shape index (κ1) is 21.9. The number of aliphatic imine (C=N–C) groups is 1. The van der Waals surface area contributed by atoms with Crippen molar-refractivity contribution in [2.75, 3.05) is 12.9 Å². The van der Waals surface area contributed by atoms with Gasteiger partial charge in [-0.2, -0.15) is 0 Å². The summed E-state index contributed by atoms with van der Waals surface area (Å²) < 4.78 is 36.5. The maximum atomic E-state index is 16.1. The molecule has 3 N–H and O–H groups in total. The fourth-order valence-corrected chi connectivity index (χ4v) is 5.98. The third-order valence-electron chi connectivity index (χ3n) is 6.62. The van der Waals surface area contributed by atoms with Crippen LogP contribution in [0, 0.1) is 17.6 Å². The Balaban J connectivity index is 1.70.